The van der Waals surface area contributed by atoms with Crippen molar-refractivity contribution >= 4 is 29.3 Å². The minimum absolute atomic E-state index is 0.137. The number of aromatic nitrogens is 1. The number of nitrogens with zero attached hydrogens (tertiary/aromatic N) is 1. The van der Waals surface area contributed by atoms with E-state index in [-0.39, 0.29) is 28.7 Å². The van der Waals surface area contributed by atoms with Crippen LogP contribution in [0.3, 0.4) is 0 Å². The van der Waals surface area contributed by atoms with E-state index < -0.39 is 23.1 Å². The van der Waals surface area contributed by atoms with Gasteiger partial charge in [0.25, 0.3) is 0 Å². The van der Waals surface area contributed by atoms with Gasteiger partial charge in [0, 0.05) is 17.2 Å². The molecule has 1 rings (SSSR count). The Hall–Kier alpha value is -1.66. The third-order valence-corrected chi connectivity index (χ3v) is 3.29. The van der Waals surface area contributed by atoms with Gasteiger partial charge in [-0.1, -0.05) is 32.4 Å². The molecule has 2 N–H and O–H groups in total. The number of amides is 1. The molecule has 0 saturated carbocycles. The Kier molecular flexibility index (Phi) is 6.36. The van der Waals surface area contributed by atoms with Gasteiger partial charge in [-0.3, -0.25) is 9.59 Å². The van der Waals surface area contributed by atoms with Crippen molar-refractivity contribution in [3.05, 3.63) is 22.8 Å². The Morgan fingerprint density at radius 1 is 1.29 bits per heavy atom. The Bertz CT molecular complexity index is 618. The van der Waals surface area contributed by atoms with Crippen LogP contribution in [0.2, 0.25) is 5.02 Å². The summed E-state index contributed by atoms with van der Waals surface area (Å²) in [6.07, 6.45) is -0.109. The molecule has 6 nitrogen and oxygen atoms in total. The molecule has 0 spiro atoms. The zero-order valence-corrected chi connectivity index (χ0v) is 15.7. The largest absolute Gasteiger partial charge is 0.460 e. The average molecular weight is 357 g/mol. The number of carbonyl (C=O) groups excluding carboxylic acids is 2. The third-order valence-electron chi connectivity index (χ3n) is 2.96. The Morgan fingerprint density at radius 3 is 2.38 bits per heavy atom. The molecule has 1 aromatic rings. The number of hydrogen-bond donors (Lipinski definition) is 2. The molecule has 0 radical (unpaired) electrons. The molecule has 1 aromatic heterocycles. The lowest BCUT2D eigenvalue weighted by Crippen LogP contribution is -2.29. The van der Waals surface area contributed by atoms with E-state index in [4.69, 9.17) is 16.3 Å². The van der Waals surface area contributed by atoms with Crippen LogP contribution in [-0.4, -0.2) is 27.6 Å². The van der Waals surface area contributed by atoms with Crippen LogP contribution in [0.25, 0.3) is 0 Å². The lowest BCUT2D eigenvalue weighted by atomic mass is 9.95. The summed E-state index contributed by atoms with van der Waals surface area (Å²) in [7, 11) is 0. The second-order valence-electron chi connectivity index (χ2n) is 7.57. The van der Waals surface area contributed by atoms with E-state index in [1.54, 1.807) is 41.5 Å². The van der Waals surface area contributed by atoms with E-state index >= 15 is 0 Å². The summed E-state index contributed by atoms with van der Waals surface area (Å²) >= 11 is 6.14. The van der Waals surface area contributed by atoms with E-state index in [0.29, 0.717) is 0 Å². The molecule has 24 heavy (non-hydrogen) atoms. The molecule has 1 unspecified atom stereocenters. The van der Waals surface area contributed by atoms with Crippen molar-refractivity contribution in [3.8, 4) is 0 Å². The molecule has 1 amide bonds. The highest BCUT2D eigenvalue weighted by atomic mass is 35.5. The number of aliphatic hydroxyl groups excluding tert-OH is 1. The maximum absolute atomic E-state index is 12.2. The van der Waals surface area contributed by atoms with Crippen LogP contribution in [0, 0.1) is 5.41 Å². The smallest absolute Gasteiger partial charge is 0.309 e. The fraction of sp³-hybridized carbons (Fsp3) is 0.588. The van der Waals surface area contributed by atoms with E-state index in [2.05, 4.69) is 10.3 Å². The third kappa shape index (κ3) is 6.09. The number of esters is 1. The van der Waals surface area contributed by atoms with Gasteiger partial charge < -0.3 is 15.2 Å². The lowest BCUT2D eigenvalue weighted by molar-refractivity contribution is -0.157. The standard InChI is InChI=1S/C17H25ClN2O4/c1-16(2,3)15(23)20-14-13(10(18)7-8-19-14)11(21)9-12(22)24-17(4,5)6/h7-8,11,21H,9H2,1-6H3,(H,19,20,23). The molecule has 134 valence electrons. The number of hydrogen-bond acceptors (Lipinski definition) is 5. The maximum Gasteiger partial charge on any atom is 0.309 e. The second-order valence-corrected chi connectivity index (χ2v) is 7.97. The SMILES string of the molecule is CC(C)(C)OC(=O)CC(O)c1c(Cl)ccnc1NC(=O)C(C)(C)C. The molecular weight excluding hydrogens is 332 g/mol. The fourth-order valence-corrected chi connectivity index (χ4v) is 2.08. The Labute approximate surface area is 147 Å². The van der Waals surface area contributed by atoms with Gasteiger partial charge in [-0.2, -0.15) is 0 Å². The van der Waals surface area contributed by atoms with Gasteiger partial charge in [-0.25, -0.2) is 4.98 Å². The van der Waals surface area contributed by atoms with Gasteiger partial charge in [0.05, 0.1) is 17.5 Å². The van der Waals surface area contributed by atoms with Gasteiger partial charge in [0.2, 0.25) is 5.91 Å². The first-order valence-electron chi connectivity index (χ1n) is 7.67. The first-order valence-corrected chi connectivity index (χ1v) is 8.05. The fourth-order valence-electron chi connectivity index (χ4n) is 1.80. The summed E-state index contributed by atoms with van der Waals surface area (Å²) in [5, 5.41) is 13.2. The Morgan fingerprint density at radius 2 is 1.88 bits per heavy atom. The molecule has 1 heterocycles. The first kappa shape index (κ1) is 20.4. The van der Waals surface area contributed by atoms with Gasteiger partial charge in [0.1, 0.15) is 11.4 Å². The average Bonchev–Trinajstić information content (AvgIpc) is 2.34. The van der Waals surface area contributed by atoms with E-state index in [1.807, 2.05) is 0 Å². The van der Waals surface area contributed by atoms with Crippen LogP contribution < -0.4 is 5.32 Å². The topological polar surface area (TPSA) is 88.5 Å². The van der Waals surface area contributed by atoms with E-state index in [0.717, 1.165) is 0 Å². The van der Waals surface area contributed by atoms with Crippen LogP contribution >= 0.6 is 11.6 Å². The first-order chi connectivity index (χ1) is 10.8. The quantitative estimate of drug-likeness (QED) is 0.806. The van der Waals surface area contributed by atoms with Gasteiger partial charge in [-0.15, -0.1) is 0 Å². The Balaban J connectivity index is 3.02. The highest BCUT2D eigenvalue weighted by Crippen LogP contribution is 2.32. The number of pyridine rings is 1. The predicted octanol–water partition coefficient (Wildman–Crippen LogP) is 3.48. The molecular formula is C17H25ClN2O4. The van der Waals surface area contributed by atoms with Crippen molar-refractivity contribution in [1.82, 2.24) is 4.98 Å². The lowest BCUT2D eigenvalue weighted by Gasteiger charge is -2.23. The zero-order valence-electron chi connectivity index (χ0n) is 14.9. The number of halogens is 1. The van der Waals surface area contributed by atoms with Crippen molar-refractivity contribution in [2.75, 3.05) is 5.32 Å². The van der Waals surface area contributed by atoms with Crippen molar-refractivity contribution in [2.24, 2.45) is 5.41 Å². The van der Waals surface area contributed by atoms with Crippen LogP contribution in [0.5, 0.6) is 0 Å². The van der Waals surface area contributed by atoms with Crippen molar-refractivity contribution < 1.29 is 19.4 Å². The number of rotatable bonds is 4. The number of ether oxygens (including phenoxy) is 1. The van der Waals surface area contributed by atoms with Crippen molar-refractivity contribution in [2.45, 2.75) is 59.7 Å². The molecule has 0 aliphatic heterocycles. The monoisotopic (exact) mass is 356 g/mol. The summed E-state index contributed by atoms with van der Waals surface area (Å²) in [6, 6.07) is 1.49. The number of aliphatic hydroxyl groups is 1. The highest BCUT2D eigenvalue weighted by molar-refractivity contribution is 6.31. The zero-order chi connectivity index (χ0) is 18.7. The van der Waals surface area contributed by atoms with Gasteiger partial charge in [0.15, 0.2) is 0 Å². The molecule has 0 aliphatic rings. The maximum atomic E-state index is 12.2. The number of nitrogens with one attached hydrogen (secondary N) is 1. The molecule has 0 aliphatic carbocycles. The molecule has 1 atom stereocenters. The van der Waals surface area contributed by atoms with Crippen LogP contribution in [0.15, 0.2) is 12.3 Å². The van der Waals surface area contributed by atoms with Crippen LogP contribution in [0.4, 0.5) is 5.82 Å². The normalized spacial score (nSPS) is 13.3. The summed E-state index contributed by atoms with van der Waals surface area (Å²) in [5.41, 5.74) is -1.10. The molecule has 0 bridgehead atoms. The number of carbonyl (C=O) groups is 2. The highest BCUT2D eigenvalue weighted by Gasteiger charge is 2.27. The van der Waals surface area contributed by atoms with Crippen molar-refractivity contribution in [1.29, 1.82) is 0 Å². The van der Waals surface area contributed by atoms with E-state index in [1.165, 1.54) is 12.3 Å². The minimum atomic E-state index is -1.24. The summed E-state index contributed by atoms with van der Waals surface area (Å²) in [4.78, 5) is 28.1. The summed E-state index contributed by atoms with van der Waals surface area (Å²) in [6.45, 7) is 10.5. The minimum Gasteiger partial charge on any atom is -0.460 e. The molecule has 0 fully saturated rings. The van der Waals surface area contributed by atoms with Gasteiger partial charge >= 0.3 is 5.97 Å². The van der Waals surface area contributed by atoms with Crippen molar-refractivity contribution in [3.63, 3.8) is 0 Å². The predicted molar refractivity (Wildman–Crippen MR) is 92.8 cm³/mol. The molecule has 0 saturated heterocycles. The second kappa shape index (κ2) is 7.49. The van der Waals surface area contributed by atoms with Gasteiger partial charge in [-0.05, 0) is 26.8 Å². The molecule has 0 aromatic carbocycles. The summed E-state index contributed by atoms with van der Waals surface area (Å²) < 4.78 is 5.20. The van der Waals surface area contributed by atoms with Crippen LogP contribution in [-0.2, 0) is 14.3 Å². The van der Waals surface area contributed by atoms with Crippen LogP contribution in [0.1, 0.15) is 59.6 Å². The summed E-state index contributed by atoms with van der Waals surface area (Å²) in [5.74, 6) is -0.704. The van der Waals surface area contributed by atoms with E-state index in [9.17, 15) is 14.7 Å². The number of anilines is 1. The molecule has 7 heteroatoms.